The maximum atomic E-state index is 13.7. The Morgan fingerprint density at radius 1 is 1.00 bits per heavy atom. The molecule has 0 bridgehead atoms. The molecule has 0 spiro atoms. The first-order chi connectivity index (χ1) is 19.4. The monoisotopic (exact) mass is 591 g/mol. The van der Waals surface area contributed by atoms with E-state index in [0.717, 1.165) is 5.56 Å². The highest BCUT2D eigenvalue weighted by atomic mass is 32.3. The maximum absolute atomic E-state index is 13.7. The molecule has 12 nitrogen and oxygen atoms in total. The predicted octanol–water partition coefficient (Wildman–Crippen LogP) is 0.119. The molecule has 0 aliphatic carbocycles. The van der Waals surface area contributed by atoms with E-state index in [2.05, 4.69) is 20.1 Å². The topological polar surface area (TPSA) is 177 Å². The number of carbonyl (C=O) groups excluding carboxylic acids is 4. The first kappa shape index (κ1) is 31.5. The van der Waals surface area contributed by atoms with Crippen molar-refractivity contribution in [3.63, 3.8) is 0 Å². The van der Waals surface area contributed by atoms with Gasteiger partial charge in [0, 0.05) is 19.4 Å². The van der Waals surface area contributed by atoms with Crippen LogP contribution >= 0.6 is 0 Å². The van der Waals surface area contributed by atoms with Gasteiger partial charge in [-0.2, -0.15) is 8.42 Å². The van der Waals surface area contributed by atoms with E-state index in [1.54, 1.807) is 26.1 Å². The van der Waals surface area contributed by atoms with Gasteiger partial charge in [0.15, 0.2) is 0 Å². The van der Waals surface area contributed by atoms with Crippen molar-refractivity contribution in [2.75, 3.05) is 13.6 Å². The van der Waals surface area contributed by atoms with Gasteiger partial charge >= 0.3 is 10.5 Å². The summed E-state index contributed by atoms with van der Waals surface area (Å²) in [4.78, 5) is 53.2. The lowest BCUT2D eigenvalue weighted by Crippen LogP contribution is -2.57. The number of halogens is 1. The number of amides is 4. The Morgan fingerprint density at radius 2 is 1.61 bits per heavy atom. The van der Waals surface area contributed by atoms with Crippen LogP contribution in [0.15, 0.2) is 54.6 Å². The minimum Gasteiger partial charge on any atom is -0.368 e. The van der Waals surface area contributed by atoms with E-state index in [9.17, 15) is 31.5 Å². The van der Waals surface area contributed by atoms with E-state index in [1.165, 1.54) is 29.2 Å². The fourth-order valence-corrected chi connectivity index (χ4v) is 4.84. The molecule has 0 aromatic heterocycles. The van der Waals surface area contributed by atoms with Gasteiger partial charge in [0.1, 0.15) is 23.9 Å². The van der Waals surface area contributed by atoms with Crippen molar-refractivity contribution >= 4 is 34.1 Å². The lowest BCUT2D eigenvalue weighted by atomic mass is 10.0. The third-order valence-corrected chi connectivity index (χ3v) is 7.17. The average molecular weight is 592 g/mol. The number of likely N-dealkylation sites (N-methyl/N-ethyl adjacent to an activating group) is 1. The number of hydrogen-bond acceptors (Lipinski definition) is 8. The van der Waals surface area contributed by atoms with Crippen molar-refractivity contribution < 1.29 is 35.7 Å². The second-order valence-electron chi connectivity index (χ2n) is 9.74. The molecule has 4 atom stereocenters. The zero-order valence-electron chi connectivity index (χ0n) is 22.7. The van der Waals surface area contributed by atoms with Crippen LogP contribution in [-0.4, -0.2) is 74.7 Å². The fourth-order valence-electron chi connectivity index (χ4n) is 4.50. The lowest BCUT2D eigenvalue weighted by molar-refractivity contribution is -0.142. The van der Waals surface area contributed by atoms with Gasteiger partial charge in [-0.25, -0.2) is 0 Å². The van der Waals surface area contributed by atoms with E-state index < -0.39 is 58.3 Å². The Morgan fingerprint density at radius 3 is 2.20 bits per heavy atom. The Hall–Kier alpha value is -4.04. The molecule has 2 aromatic rings. The molecule has 1 aliphatic heterocycles. The first-order valence-corrected chi connectivity index (χ1v) is 14.3. The summed E-state index contributed by atoms with van der Waals surface area (Å²) in [5.41, 5.74) is 6.87. The van der Waals surface area contributed by atoms with Gasteiger partial charge in [-0.05, 0) is 50.1 Å². The number of benzene rings is 2. The van der Waals surface area contributed by atoms with Crippen LogP contribution in [0.4, 0.5) is 3.89 Å². The van der Waals surface area contributed by atoms with Crippen LogP contribution < -0.4 is 25.9 Å². The minimum atomic E-state index is -5.20. The summed E-state index contributed by atoms with van der Waals surface area (Å²) in [6.07, 6.45) is 1.06. The van der Waals surface area contributed by atoms with Crippen LogP contribution in [0.25, 0.3) is 0 Å². The van der Waals surface area contributed by atoms with Gasteiger partial charge in [0.2, 0.25) is 23.6 Å². The third kappa shape index (κ3) is 9.25. The van der Waals surface area contributed by atoms with Gasteiger partial charge in [0.25, 0.3) is 0 Å². The fraction of sp³-hybridized carbons (Fsp3) is 0.407. The number of primary amides is 1. The zero-order valence-corrected chi connectivity index (χ0v) is 23.5. The van der Waals surface area contributed by atoms with Crippen LogP contribution in [0.1, 0.15) is 30.9 Å². The molecule has 14 heteroatoms. The summed E-state index contributed by atoms with van der Waals surface area (Å²) >= 11 is 0. The highest BCUT2D eigenvalue weighted by molar-refractivity contribution is 7.81. The molecule has 5 N–H and O–H groups in total. The van der Waals surface area contributed by atoms with Gasteiger partial charge in [-0.15, -0.1) is 0 Å². The normalized spacial score (nSPS) is 17.2. The molecule has 41 heavy (non-hydrogen) atoms. The SMILES string of the molecule is CN[C@@H](C)C(=O)N[C@@H](Cc1ccc(OS(=O)(=O)F)cc1)C(=O)N1CCC[C@H]1C(=O)N[C@@H](Cc1ccccc1)C(N)=O. The summed E-state index contributed by atoms with van der Waals surface area (Å²) in [6.45, 7) is 1.87. The van der Waals surface area contributed by atoms with Crippen molar-refractivity contribution in [3.8, 4) is 5.75 Å². The van der Waals surface area contributed by atoms with Crippen molar-refractivity contribution in [1.82, 2.24) is 20.9 Å². The Bertz CT molecular complexity index is 1340. The van der Waals surface area contributed by atoms with E-state index in [0.29, 0.717) is 18.4 Å². The number of nitrogens with zero attached hydrogens (tertiary/aromatic N) is 1. The van der Waals surface area contributed by atoms with Crippen LogP contribution in [0, 0.1) is 0 Å². The number of likely N-dealkylation sites (tertiary alicyclic amines) is 1. The molecule has 1 heterocycles. The second kappa shape index (κ2) is 14.0. The third-order valence-electron chi connectivity index (χ3n) is 6.78. The largest absolute Gasteiger partial charge is 0.488 e. The molecule has 3 rings (SSSR count). The van der Waals surface area contributed by atoms with E-state index in [-0.39, 0.29) is 25.1 Å². The van der Waals surface area contributed by atoms with Crippen molar-refractivity contribution in [2.24, 2.45) is 5.73 Å². The van der Waals surface area contributed by atoms with Crippen LogP contribution in [0.3, 0.4) is 0 Å². The Kier molecular flexibility index (Phi) is 10.8. The lowest BCUT2D eigenvalue weighted by Gasteiger charge is -2.30. The molecule has 0 radical (unpaired) electrons. The second-order valence-corrected chi connectivity index (χ2v) is 10.7. The molecule has 222 valence electrons. The summed E-state index contributed by atoms with van der Waals surface area (Å²) in [6, 6.07) is 10.8. The molecule has 2 aromatic carbocycles. The average Bonchev–Trinajstić information content (AvgIpc) is 3.42. The number of rotatable bonds is 13. The van der Waals surface area contributed by atoms with Crippen molar-refractivity contribution in [3.05, 3.63) is 65.7 Å². The highest BCUT2D eigenvalue weighted by Gasteiger charge is 2.39. The summed E-state index contributed by atoms with van der Waals surface area (Å²) < 4.78 is 38.5. The van der Waals surface area contributed by atoms with Crippen LogP contribution in [0.2, 0.25) is 0 Å². The van der Waals surface area contributed by atoms with Crippen molar-refractivity contribution in [1.29, 1.82) is 0 Å². The summed E-state index contributed by atoms with van der Waals surface area (Å²) in [5.74, 6) is -2.46. The number of nitrogens with one attached hydrogen (secondary N) is 3. The molecule has 0 unspecified atom stereocenters. The quantitative estimate of drug-likeness (QED) is 0.237. The standard InChI is InChI=1S/C27H34FN5O7S/c1-17(30-2)25(35)32-22(16-19-10-12-20(13-11-19)40-41(28,38)39)27(37)33-14-6-9-23(33)26(36)31-21(24(29)34)15-18-7-4-3-5-8-18/h3-5,7-8,10-13,17,21-23,30H,6,9,14-16H2,1-2H3,(H2,29,34)(H,31,36)(H,32,35)/t17-,21-,22-,23-/m0/s1. The maximum Gasteiger partial charge on any atom is 0.488 e. The molecule has 1 saturated heterocycles. The summed E-state index contributed by atoms with van der Waals surface area (Å²) in [7, 11) is -3.62. The zero-order chi connectivity index (χ0) is 30.2. The predicted molar refractivity (Wildman–Crippen MR) is 147 cm³/mol. The molecule has 1 aliphatic rings. The molecular formula is C27H34FN5O7S. The van der Waals surface area contributed by atoms with Crippen LogP contribution in [-0.2, 0) is 42.5 Å². The summed E-state index contributed by atoms with van der Waals surface area (Å²) in [5, 5.41) is 8.18. The molecule has 4 amide bonds. The van der Waals surface area contributed by atoms with Gasteiger partial charge in [-0.3, -0.25) is 19.2 Å². The van der Waals surface area contributed by atoms with E-state index in [1.807, 2.05) is 18.2 Å². The number of carbonyl (C=O) groups is 4. The van der Waals surface area contributed by atoms with Gasteiger partial charge < -0.3 is 30.8 Å². The smallest absolute Gasteiger partial charge is 0.368 e. The first-order valence-electron chi connectivity index (χ1n) is 13.0. The Labute approximate surface area is 238 Å². The van der Waals surface area contributed by atoms with E-state index >= 15 is 0 Å². The minimum absolute atomic E-state index is 0.00752. The number of hydrogen-bond donors (Lipinski definition) is 4. The van der Waals surface area contributed by atoms with Crippen molar-refractivity contribution in [2.45, 2.75) is 56.8 Å². The van der Waals surface area contributed by atoms with Crippen LogP contribution in [0.5, 0.6) is 5.75 Å². The number of nitrogens with two attached hydrogens (primary N) is 1. The Balaban J connectivity index is 1.78. The van der Waals surface area contributed by atoms with Gasteiger partial charge in [-0.1, -0.05) is 46.4 Å². The molecule has 1 fully saturated rings. The van der Waals surface area contributed by atoms with Gasteiger partial charge in [0.05, 0.1) is 6.04 Å². The van der Waals surface area contributed by atoms with E-state index in [4.69, 9.17) is 5.73 Å². The highest BCUT2D eigenvalue weighted by Crippen LogP contribution is 2.21. The molecular weight excluding hydrogens is 557 g/mol. The molecule has 0 saturated carbocycles.